The second-order valence-corrected chi connectivity index (χ2v) is 4.33. The predicted octanol–water partition coefficient (Wildman–Crippen LogP) is 2.66. The Bertz CT molecular complexity index is 655. The fraction of sp³-hybridized carbons (Fsp3) is 0.0909. The van der Waals surface area contributed by atoms with Crippen LogP contribution in [-0.2, 0) is 0 Å². The standard InChI is InChI=1S/C11H7BrFNO5/c1-18-10-4(12)2-5(13)8(9(10)15)7-3-6(11(16)17)14-19-7/h2-3,15H,1H3,(H,16,17). The average Bonchev–Trinajstić information content (AvgIpc) is 2.78. The lowest BCUT2D eigenvalue weighted by Gasteiger charge is -2.09. The normalized spacial score (nSPS) is 10.5. The molecule has 0 aliphatic heterocycles. The van der Waals surface area contributed by atoms with Crippen LogP contribution in [0.3, 0.4) is 0 Å². The van der Waals surface area contributed by atoms with E-state index in [2.05, 4.69) is 21.1 Å². The Balaban J connectivity index is 2.64. The number of ether oxygens (including phenoxy) is 1. The molecule has 6 nitrogen and oxygen atoms in total. The Hall–Kier alpha value is -2.09. The average molecular weight is 332 g/mol. The first-order chi connectivity index (χ1) is 8.95. The molecule has 0 amide bonds. The summed E-state index contributed by atoms with van der Waals surface area (Å²) in [6, 6.07) is 2.07. The zero-order valence-corrected chi connectivity index (χ0v) is 11.1. The van der Waals surface area contributed by atoms with Crippen LogP contribution >= 0.6 is 15.9 Å². The number of phenols is 1. The fourth-order valence-corrected chi connectivity index (χ4v) is 2.06. The number of nitrogens with zero attached hydrogens (tertiary/aromatic N) is 1. The van der Waals surface area contributed by atoms with E-state index in [9.17, 15) is 14.3 Å². The maximum atomic E-state index is 13.8. The van der Waals surface area contributed by atoms with Crippen LogP contribution in [0.5, 0.6) is 11.5 Å². The van der Waals surface area contributed by atoms with Crippen molar-refractivity contribution in [3.8, 4) is 22.8 Å². The lowest BCUT2D eigenvalue weighted by atomic mass is 10.1. The summed E-state index contributed by atoms with van der Waals surface area (Å²) in [6.45, 7) is 0. The van der Waals surface area contributed by atoms with Crippen LogP contribution in [0.15, 0.2) is 21.1 Å². The largest absolute Gasteiger partial charge is 0.504 e. The molecule has 8 heteroatoms. The number of carboxylic acid groups (broad SMARTS) is 1. The highest BCUT2D eigenvalue weighted by molar-refractivity contribution is 9.10. The number of aromatic carboxylic acids is 1. The van der Waals surface area contributed by atoms with E-state index < -0.39 is 23.2 Å². The second kappa shape index (κ2) is 4.88. The highest BCUT2D eigenvalue weighted by Gasteiger charge is 2.23. The Morgan fingerprint density at radius 1 is 1.53 bits per heavy atom. The number of benzene rings is 1. The number of carbonyl (C=O) groups is 1. The molecule has 2 rings (SSSR count). The quantitative estimate of drug-likeness (QED) is 0.898. The number of aromatic hydroxyl groups is 1. The molecule has 0 unspecified atom stereocenters. The van der Waals surface area contributed by atoms with Crippen LogP contribution in [0.2, 0.25) is 0 Å². The molecule has 1 aromatic carbocycles. The molecule has 1 aromatic heterocycles. The smallest absolute Gasteiger partial charge is 0.358 e. The lowest BCUT2D eigenvalue weighted by molar-refractivity contribution is 0.0686. The molecule has 19 heavy (non-hydrogen) atoms. The van der Waals surface area contributed by atoms with Crippen LogP contribution in [0.4, 0.5) is 4.39 Å². The molecule has 0 spiro atoms. The SMILES string of the molecule is COc1c(Br)cc(F)c(-c2cc(C(=O)O)no2)c1O. The molecular weight excluding hydrogens is 325 g/mol. The third kappa shape index (κ3) is 2.26. The number of carboxylic acids is 1. The zero-order chi connectivity index (χ0) is 14.2. The molecule has 1 heterocycles. The molecule has 0 bridgehead atoms. The van der Waals surface area contributed by atoms with Crippen molar-refractivity contribution in [1.82, 2.24) is 5.16 Å². The topological polar surface area (TPSA) is 92.8 Å². The molecule has 0 aliphatic rings. The van der Waals surface area contributed by atoms with Gasteiger partial charge in [0.15, 0.2) is 23.0 Å². The number of phenolic OH excluding ortho intramolecular Hbond substituents is 1. The number of methoxy groups -OCH3 is 1. The zero-order valence-electron chi connectivity index (χ0n) is 9.48. The molecule has 0 fully saturated rings. The molecule has 2 N–H and O–H groups in total. The maximum absolute atomic E-state index is 13.8. The predicted molar refractivity (Wildman–Crippen MR) is 64.8 cm³/mol. The van der Waals surface area contributed by atoms with E-state index in [1.54, 1.807) is 0 Å². The summed E-state index contributed by atoms with van der Waals surface area (Å²) in [5, 5.41) is 21.9. The first-order valence-electron chi connectivity index (χ1n) is 4.91. The molecule has 0 atom stereocenters. The Labute approximate surface area is 114 Å². The van der Waals surface area contributed by atoms with Crippen molar-refractivity contribution in [2.75, 3.05) is 7.11 Å². The summed E-state index contributed by atoms with van der Waals surface area (Å²) in [5.74, 6) is -2.84. The minimum atomic E-state index is -1.32. The maximum Gasteiger partial charge on any atom is 0.358 e. The van der Waals surface area contributed by atoms with E-state index >= 15 is 0 Å². The highest BCUT2D eigenvalue weighted by Crippen LogP contribution is 2.43. The van der Waals surface area contributed by atoms with Gasteiger partial charge in [-0.1, -0.05) is 5.16 Å². The third-order valence-electron chi connectivity index (χ3n) is 2.34. The van der Waals surface area contributed by atoms with E-state index in [4.69, 9.17) is 14.4 Å². The number of rotatable bonds is 3. The van der Waals surface area contributed by atoms with Crippen LogP contribution in [0.25, 0.3) is 11.3 Å². The van der Waals surface area contributed by atoms with Crippen molar-refractivity contribution in [3.05, 3.63) is 28.1 Å². The highest BCUT2D eigenvalue weighted by atomic mass is 79.9. The summed E-state index contributed by atoms with van der Waals surface area (Å²) < 4.78 is 23.7. The minimum Gasteiger partial charge on any atom is -0.504 e. The summed E-state index contributed by atoms with van der Waals surface area (Å²) in [4.78, 5) is 10.7. The van der Waals surface area contributed by atoms with Gasteiger partial charge in [-0.05, 0) is 22.0 Å². The van der Waals surface area contributed by atoms with Crippen molar-refractivity contribution in [1.29, 1.82) is 0 Å². The minimum absolute atomic E-state index is 0.00433. The molecule has 2 aromatic rings. The van der Waals surface area contributed by atoms with E-state index in [1.807, 2.05) is 0 Å². The Morgan fingerprint density at radius 2 is 2.21 bits per heavy atom. The molecule has 0 saturated heterocycles. The van der Waals surface area contributed by atoms with E-state index in [-0.39, 0.29) is 21.5 Å². The Kier molecular flexibility index (Phi) is 3.43. The monoisotopic (exact) mass is 331 g/mol. The van der Waals surface area contributed by atoms with Crippen LogP contribution in [0, 0.1) is 5.82 Å². The number of hydrogen-bond donors (Lipinski definition) is 2. The van der Waals surface area contributed by atoms with E-state index in [0.29, 0.717) is 0 Å². The number of aromatic nitrogens is 1. The van der Waals surface area contributed by atoms with Gasteiger partial charge >= 0.3 is 5.97 Å². The van der Waals surface area contributed by atoms with Gasteiger partial charge in [0, 0.05) is 6.07 Å². The van der Waals surface area contributed by atoms with Crippen molar-refractivity contribution >= 4 is 21.9 Å². The van der Waals surface area contributed by atoms with Gasteiger partial charge in [-0.3, -0.25) is 0 Å². The van der Waals surface area contributed by atoms with Gasteiger partial charge in [0.05, 0.1) is 11.6 Å². The van der Waals surface area contributed by atoms with Gasteiger partial charge in [0.1, 0.15) is 11.4 Å². The van der Waals surface area contributed by atoms with Crippen LogP contribution in [-0.4, -0.2) is 28.4 Å². The van der Waals surface area contributed by atoms with Gasteiger partial charge < -0.3 is 19.5 Å². The van der Waals surface area contributed by atoms with Crippen molar-refractivity contribution < 1.29 is 28.7 Å². The summed E-state index contributed by atoms with van der Waals surface area (Å²) >= 11 is 3.03. The second-order valence-electron chi connectivity index (χ2n) is 3.48. The number of hydrogen-bond acceptors (Lipinski definition) is 5. The van der Waals surface area contributed by atoms with Gasteiger partial charge in [0.2, 0.25) is 0 Å². The van der Waals surface area contributed by atoms with Gasteiger partial charge in [-0.2, -0.15) is 0 Å². The fourth-order valence-electron chi connectivity index (χ4n) is 1.51. The lowest BCUT2D eigenvalue weighted by Crippen LogP contribution is -1.94. The van der Waals surface area contributed by atoms with Crippen molar-refractivity contribution in [2.45, 2.75) is 0 Å². The van der Waals surface area contributed by atoms with Gasteiger partial charge in [-0.15, -0.1) is 0 Å². The van der Waals surface area contributed by atoms with Crippen molar-refractivity contribution in [2.24, 2.45) is 0 Å². The first kappa shape index (κ1) is 13.3. The molecule has 0 saturated carbocycles. The molecule has 100 valence electrons. The van der Waals surface area contributed by atoms with E-state index in [1.165, 1.54) is 7.11 Å². The van der Waals surface area contributed by atoms with Gasteiger partial charge in [-0.25, -0.2) is 9.18 Å². The Morgan fingerprint density at radius 3 is 2.74 bits per heavy atom. The molecular formula is C11H7BrFNO5. The van der Waals surface area contributed by atoms with Gasteiger partial charge in [0.25, 0.3) is 0 Å². The third-order valence-corrected chi connectivity index (χ3v) is 2.93. The summed E-state index contributed by atoms with van der Waals surface area (Å²) in [5.41, 5.74) is -0.712. The van der Waals surface area contributed by atoms with Crippen molar-refractivity contribution in [3.63, 3.8) is 0 Å². The molecule has 0 aliphatic carbocycles. The van der Waals surface area contributed by atoms with Crippen LogP contribution < -0.4 is 4.74 Å². The summed E-state index contributed by atoms with van der Waals surface area (Å²) in [7, 11) is 1.30. The van der Waals surface area contributed by atoms with E-state index in [0.717, 1.165) is 12.1 Å². The summed E-state index contributed by atoms with van der Waals surface area (Å²) in [6.07, 6.45) is 0. The van der Waals surface area contributed by atoms with Crippen LogP contribution in [0.1, 0.15) is 10.5 Å². The molecule has 0 radical (unpaired) electrons. The number of halogens is 2. The first-order valence-corrected chi connectivity index (χ1v) is 5.70.